The number of carbonyl (C=O) groups is 3. The van der Waals surface area contributed by atoms with E-state index in [2.05, 4.69) is 118 Å². The van der Waals surface area contributed by atoms with E-state index in [0.29, 0.717) is 19.3 Å². The van der Waals surface area contributed by atoms with E-state index in [1.807, 2.05) is 0 Å². The Labute approximate surface area is 413 Å². The number of hydrogen-bond donors (Lipinski definition) is 0. The average Bonchev–Trinajstić information content (AvgIpc) is 3.33. The number of rotatable bonds is 49. The maximum absolute atomic E-state index is 12.8. The van der Waals surface area contributed by atoms with Crippen molar-refractivity contribution in [3.63, 3.8) is 0 Å². The van der Waals surface area contributed by atoms with Crippen LogP contribution in [-0.4, -0.2) is 37.2 Å². The summed E-state index contributed by atoms with van der Waals surface area (Å²) in [7, 11) is 0. The highest BCUT2D eigenvalue weighted by Gasteiger charge is 2.19. The predicted octanol–water partition coefficient (Wildman–Crippen LogP) is 18.5. The second-order valence-electron chi connectivity index (χ2n) is 18.1. The summed E-state index contributed by atoms with van der Waals surface area (Å²) in [4.78, 5) is 37.8. The fourth-order valence-electron chi connectivity index (χ4n) is 7.42. The summed E-state index contributed by atoms with van der Waals surface area (Å²) in [5, 5.41) is 0. The summed E-state index contributed by atoms with van der Waals surface area (Å²) in [5.41, 5.74) is 0. The number of unbranched alkanes of at least 4 members (excludes halogenated alkanes) is 22. The molecule has 67 heavy (non-hydrogen) atoms. The molecule has 0 fully saturated rings. The minimum Gasteiger partial charge on any atom is -0.462 e. The van der Waals surface area contributed by atoms with Gasteiger partial charge >= 0.3 is 17.9 Å². The maximum Gasteiger partial charge on any atom is 0.306 e. The van der Waals surface area contributed by atoms with Crippen molar-refractivity contribution in [2.24, 2.45) is 0 Å². The van der Waals surface area contributed by atoms with Gasteiger partial charge in [-0.1, -0.05) is 227 Å². The second kappa shape index (κ2) is 54.9. The van der Waals surface area contributed by atoms with Crippen LogP contribution in [0.5, 0.6) is 0 Å². The molecule has 6 nitrogen and oxygen atoms in total. The molecular weight excluding hydrogens is 829 g/mol. The normalized spacial score (nSPS) is 12.8. The van der Waals surface area contributed by atoms with Gasteiger partial charge in [0.05, 0.1) is 0 Å². The summed E-state index contributed by atoms with van der Waals surface area (Å²) in [6.45, 7) is 6.41. The third kappa shape index (κ3) is 53.2. The first-order valence-corrected chi connectivity index (χ1v) is 27.7. The van der Waals surface area contributed by atoms with Crippen LogP contribution < -0.4 is 0 Å². The van der Waals surface area contributed by atoms with Crippen molar-refractivity contribution in [2.75, 3.05) is 13.2 Å². The van der Waals surface area contributed by atoms with Gasteiger partial charge in [0.25, 0.3) is 0 Å². The minimum atomic E-state index is -0.789. The van der Waals surface area contributed by atoms with Gasteiger partial charge in [0.1, 0.15) is 13.2 Å². The van der Waals surface area contributed by atoms with Crippen LogP contribution in [0, 0.1) is 0 Å². The van der Waals surface area contributed by atoms with Gasteiger partial charge in [-0.15, -0.1) is 0 Å². The summed E-state index contributed by atoms with van der Waals surface area (Å²) < 4.78 is 16.7. The molecule has 0 rings (SSSR count). The zero-order valence-corrected chi connectivity index (χ0v) is 43.6. The first-order chi connectivity index (χ1) is 33.0. The summed E-state index contributed by atoms with van der Waals surface area (Å²) in [6, 6.07) is 0. The van der Waals surface area contributed by atoms with E-state index in [-0.39, 0.29) is 31.1 Å². The SMILES string of the molecule is CC/C=C\C/C=C\C/C=C\C/C=C\C/C=C\CCCCCCCC(=O)OC(COC(=O)CCCCCCC)COC(=O)CCCCCCCCCC/C=C\C/C=C\C/C=C\CCCCCCC. The lowest BCUT2D eigenvalue weighted by molar-refractivity contribution is -0.167. The smallest absolute Gasteiger partial charge is 0.306 e. The second-order valence-corrected chi connectivity index (χ2v) is 18.1. The van der Waals surface area contributed by atoms with Crippen LogP contribution in [-0.2, 0) is 28.6 Å². The molecule has 0 aliphatic heterocycles. The molecule has 0 spiro atoms. The van der Waals surface area contributed by atoms with Crippen molar-refractivity contribution in [3.8, 4) is 0 Å². The molecule has 0 aromatic heterocycles. The number of allylic oxidation sites excluding steroid dienone is 16. The Morgan fingerprint density at radius 2 is 0.582 bits per heavy atom. The Morgan fingerprint density at radius 3 is 0.910 bits per heavy atom. The molecule has 0 bridgehead atoms. The van der Waals surface area contributed by atoms with E-state index in [0.717, 1.165) is 135 Å². The van der Waals surface area contributed by atoms with Crippen LogP contribution in [0.2, 0.25) is 0 Å². The highest BCUT2D eigenvalue weighted by Crippen LogP contribution is 2.14. The standard InChI is InChI=1S/C61H102O6/c1-4-7-10-13-15-17-19-21-23-25-27-29-30-32-33-35-37-39-41-43-45-48-51-54-60(63)66-57-58(56-65-59(62)53-50-47-12-9-6-3)67-61(64)55-52-49-46-44-42-40-38-36-34-31-28-26-24-22-20-18-16-14-11-8-5-2/h8,11,16,18-19,21-22,24-25,27-28,30-32,36,38,58H,4-7,9-10,12-15,17,20,23,26,29,33-35,37,39-57H2,1-3H3/b11-8-,18-16-,21-19-,24-22-,27-25-,31-28-,32-30-,38-36-. The Balaban J connectivity index is 4.19. The van der Waals surface area contributed by atoms with Gasteiger partial charge in [0.2, 0.25) is 0 Å². The highest BCUT2D eigenvalue weighted by molar-refractivity contribution is 5.71. The molecular formula is C61H102O6. The van der Waals surface area contributed by atoms with Crippen LogP contribution in [0.3, 0.4) is 0 Å². The van der Waals surface area contributed by atoms with Gasteiger partial charge in [-0.2, -0.15) is 0 Å². The van der Waals surface area contributed by atoms with E-state index in [4.69, 9.17) is 14.2 Å². The molecule has 1 atom stereocenters. The first-order valence-electron chi connectivity index (χ1n) is 27.7. The number of carbonyl (C=O) groups excluding carboxylic acids is 3. The lowest BCUT2D eigenvalue weighted by Gasteiger charge is -2.18. The van der Waals surface area contributed by atoms with Crippen molar-refractivity contribution in [1.29, 1.82) is 0 Å². The van der Waals surface area contributed by atoms with Gasteiger partial charge in [0, 0.05) is 19.3 Å². The van der Waals surface area contributed by atoms with Gasteiger partial charge in [0.15, 0.2) is 6.10 Å². The quantitative estimate of drug-likeness (QED) is 0.0262. The third-order valence-corrected chi connectivity index (χ3v) is 11.6. The summed E-state index contributed by atoms with van der Waals surface area (Å²) in [5.74, 6) is -0.930. The first kappa shape index (κ1) is 63.3. The molecule has 0 heterocycles. The molecule has 0 amide bonds. The Kier molecular flexibility index (Phi) is 51.9. The van der Waals surface area contributed by atoms with Crippen molar-refractivity contribution >= 4 is 17.9 Å². The van der Waals surface area contributed by atoms with Gasteiger partial charge in [-0.3, -0.25) is 14.4 Å². The predicted molar refractivity (Wildman–Crippen MR) is 288 cm³/mol. The largest absolute Gasteiger partial charge is 0.462 e. The fourth-order valence-corrected chi connectivity index (χ4v) is 7.42. The molecule has 0 saturated heterocycles. The Morgan fingerprint density at radius 1 is 0.313 bits per heavy atom. The topological polar surface area (TPSA) is 78.9 Å². The fraction of sp³-hybridized carbons (Fsp3) is 0.689. The molecule has 1 unspecified atom stereocenters. The molecule has 0 N–H and O–H groups in total. The molecule has 0 aromatic rings. The number of esters is 3. The maximum atomic E-state index is 12.8. The van der Waals surface area contributed by atoms with E-state index >= 15 is 0 Å². The average molecular weight is 931 g/mol. The molecule has 0 saturated carbocycles. The highest BCUT2D eigenvalue weighted by atomic mass is 16.6. The summed E-state index contributed by atoms with van der Waals surface area (Å²) >= 11 is 0. The van der Waals surface area contributed by atoms with E-state index in [1.165, 1.54) is 77.0 Å². The van der Waals surface area contributed by atoms with E-state index < -0.39 is 6.10 Å². The summed E-state index contributed by atoms with van der Waals surface area (Å²) in [6.07, 6.45) is 72.9. The Bertz CT molecular complexity index is 1350. The molecule has 0 aliphatic carbocycles. The molecule has 382 valence electrons. The molecule has 0 radical (unpaired) electrons. The van der Waals surface area contributed by atoms with Gasteiger partial charge in [-0.05, 0) is 103 Å². The van der Waals surface area contributed by atoms with Gasteiger partial charge in [-0.25, -0.2) is 0 Å². The molecule has 0 aliphatic rings. The minimum absolute atomic E-state index is 0.0896. The third-order valence-electron chi connectivity index (χ3n) is 11.6. The van der Waals surface area contributed by atoms with E-state index in [9.17, 15) is 14.4 Å². The zero-order valence-electron chi connectivity index (χ0n) is 43.6. The zero-order chi connectivity index (χ0) is 48.6. The lowest BCUT2D eigenvalue weighted by Crippen LogP contribution is -2.30. The number of ether oxygens (including phenoxy) is 3. The van der Waals surface area contributed by atoms with Gasteiger partial charge < -0.3 is 14.2 Å². The van der Waals surface area contributed by atoms with Crippen LogP contribution in [0.4, 0.5) is 0 Å². The van der Waals surface area contributed by atoms with Crippen LogP contribution >= 0.6 is 0 Å². The Hall–Kier alpha value is -3.67. The van der Waals surface area contributed by atoms with Crippen LogP contribution in [0.15, 0.2) is 97.2 Å². The molecule has 0 aromatic carbocycles. The van der Waals surface area contributed by atoms with E-state index in [1.54, 1.807) is 0 Å². The molecule has 6 heteroatoms. The lowest BCUT2D eigenvalue weighted by atomic mass is 10.1. The van der Waals surface area contributed by atoms with Crippen molar-refractivity contribution in [1.82, 2.24) is 0 Å². The van der Waals surface area contributed by atoms with Crippen LogP contribution in [0.1, 0.15) is 252 Å². The number of hydrogen-bond acceptors (Lipinski definition) is 6. The van der Waals surface area contributed by atoms with Crippen molar-refractivity contribution < 1.29 is 28.6 Å². The van der Waals surface area contributed by atoms with Crippen LogP contribution in [0.25, 0.3) is 0 Å². The monoisotopic (exact) mass is 931 g/mol. The van der Waals surface area contributed by atoms with Crippen molar-refractivity contribution in [2.45, 2.75) is 258 Å². The van der Waals surface area contributed by atoms with Crippen molar-refractivity contribution in [3.05, 3.63) is 97.2 Å².